The summed E-state index contributed by atoms with van der Waals surface area (Å²) in [6.45, 7) is 3.15. The Morgan fingerprint density at radius 3 is 2.61 bits per heavy atom. The van der Waals surface area contributed by atoms with Gasteiger partial charge in [-0.3, -0.25) is 20.4 Å². The SMILES string of the molecule is CC(=O)NNc1nc(C)c(C(=O)/C=C\C=C/c2ccccc2)s1. The molecule has 2 N–H and O–H groups in total. The van der Waals surface area contributed by atoms with Crippen molar-refractivity contribution in [1.82, 2.24) is 10.4 Å². The molecule has 23 heavy (non-hydrogen) atoms. The molecular weight excluding hydrogens is 310 g/mol. The van der Waals surface area contributed by atoms with Gasteiger partial charge < -0.3 is 0 Å². The van der Waals surface area contributed by atoms with Gasteiger partial charge in [0.05, 0.1) is 10.6 Å². The van der Waals surface area contributed by atoms with E-state index in [9.17, 15) is 9.59 Å². The number of nitrogens with zero attached hydrogens (tertiary/aromatic N) is 1. The van der Waals surface area contributed by atoms with Crippen LogP contribution in [0.15, 0.2) is 48.6 Å². The molecule has 0 aliphatic rings. The molecule has 0 radical (unpaired) electrons. The van der Waals surface area contributed by atoms with E-state index in [1.165, 1.54) is 24.3 Å². The summed E-state index contributed by atoms with van der Waals surface area (Å²) in [5.74, 6) is -0.342. The standard InChI is InChI=1S/C17H17N3O2S/c1-12-16(23-17(18-12)20-19-13(2)21)15(22)11-7-6-10-14-8-4-3-5-9-14/h3-11H,1-2H3,(H,18,20)(H,19,21)/b10-6-,11-7-. The summed E-state index contributed by atoms with van der Waals surface area (Å²) in [4.78, 5) is 27.8. The predicted octanol–water partition coefficient (Wildman–Crippen LogP) is 3.37. The number of aryl methyl sites for hydroxylation is 1. The Labute approximate surface area is 138 Å². The van der Waals surface area contributed by atoms with Gasteiger partial charge in [0.1, 0.15) is 0 Å². The lowest BCUT2D eigenvalue weighted by atomic mass is 10.2. The first-order valence-corrected chi connectivity index (χ1v) is 7.82. The molecule has 5 nitrogen and oxygen atoms in total. The number of benzene rings is 1. The molecule has 0 aliphatic heterocycles. The summed E-state index contributed by atoms with van der Waals surface area (Å²) < 4.78 is 0. The Bertz CT molecular complexity index is 748. The number of anilines is 1. The third-order valence-corrected chi connectivity index (χ3v) is 3.90. The van der Waals surface area contributed by atoms with Crippen molar-refractivity contribution in [1.29, 1.82) is 0 Å². The van der Waals surface area contributed by atoms with E-state index < -0.39 is 0 Å². The number of hydrogen-bond acceptors (Lipinski definition) is 5. The minimum Gasteiger partial charge on any atom is -0.288 e. The minimum absolute atomic E-state index is 0.117. The number of ketones is 1. The molecule has 6 heteroatoms. The van der Waals surface area contributed by atoms with Crippen LogP contribution in [0.4, 0.5) is 5.13 Å². The number of amides is 1. The summed E-state index contributed by atoms with van der Waals surface area (Å²) in [5, 5.41) is 0.481. The Morgan fingerprint density at radius 1 is 1.17 bits per heavy atom. The lowest BCUT2D eigenvalue weighted by molar-refractivity contribution is -0.118. The highest BCUT2D eigenvalue weighted by atomic mass is 32.1. The number of hydrogen-bond donors (Lipinski definition) is 2. The van der Waals surface area contributed by atoms with E-state index in [0.29, 0.717) is 15.7 Å². The fraction of sp³-hybridized carbons (Fsp3) is 0.118. The average Bonchev–Trinajstić information content (AvgIpc) is 2.91. The first-order valence-electron chi connectivity index (χ1n) is 7.00. The number of aromatic nitrogens is 1. The molecule has 2 rings (SSSR count). The highest BCUT2D eigenvalue weighted by molar-refractivity contribution is 7.17. The van der Waals surface area contributed by atoms with Gasteiger partial charge in [-0.1, -0.05) is 59.9 Å². The van der Waals surface area contributed by atoms with E-state index in [1.807, 2.05) is 42.5 Å². The molecule has 2 aromatic rings. The highest BCUT2D eigenvalue weighted by Gasteiger charge is 2.12. The van der Waals surface area contributed by atoms with E-state index in [4.69, 9.17) is 0 Å². The van der Waals surface area contributed by atoms with Gasteiger partial charge in [-0.05, 0) is 18.6 Å². The van der Waals surface area contributed by atoms with Crippen LogP contribution in [0.1, 0.15) is 27.9 Å². The maximum Gasteiger partial charge on any atom is 0.235 e. The van der Waals surface area contributed by atoms with Crippen molar-refractivity contribution in [3.8, 4) is 0 Å². The highest BCUT2D eigenvalue weighted by Crippen LogP contribution is 2.22. The van der Waals surface area contributed by atoms with E-state index in [1.54, 1.807) is 13.0 Å². The van der Waals surface area contributed by atoms with Gasteiger partial charge in [0.25, 0.3) is 0 Å². The lowest BCUT2D eigenvalue weighted by Gasteiger charge is -1.99. The molecule has 0 fully saturated rings. The fourth-order valence-electron chi connectivity index (χ4n) is 1.77. The quantitative estimate of drug-likeness (QED) is 0.369. The van der Waals surface area contributed by atoms with Crippen molar-refractivity contribution >= 4 is 34.2 Å². The van der Waals surface area contributed by atoms with Crippen LogP contribution in [0.3, 0.4) is 0 Å². The van der Waals surface area contributed by atoms with Gasteiger partial charge in [-0.25, -0.2) is 4.98 Å². The van der Waals surface area contributed by atoms with Crippen molar-refractivity contribution in [3.63, 3.8) is 0 Å². The smallest absolute Gasteiger partial charge is 0.235 e. The predicted molar refractivity (Wildman–Crippen MR) is 93.2 cm³/mol. The van der Waals surface area contributed by atoms with Gasteiger partial charge in [0.2, 0.25) is 11.0 Å². The van der Waals surface area contributed by atoms with Crippen molar-refractivity contribution in [2.75, 3.05) is 5.43 Å². The first kappa shape index (κ1) is 16.6. The third-order valence-electron chi connectivity index (χ3n) is 2.81. The molecule has 1 heterocycles. The molecule has 1 aromatic carbocycles. The van der Waals surface area contributed by atoms with Crippen LogP contribution in [0.25, 0.3) is 6.08 Å². The molecule has 0 unspecified atom stereocenters. The largest absolute Gasteiger partial charge is 0.288 e. The molecule has 0 atom stereocenters. The second-order valence-electron chi connectivity index (χ2n) is 4.73. The molecule has 0 aliphatic carbocycles. The van der Waals surface area contributed by atoms with Crippen molar-refractivity contribution in [2.24, 2.45) is 0 Å². The van der Waals surface area contributed by atoms with Crippen LogP contribution < -0.4 is 10.9 Å². The molecule has 0 spiro atoms. The van der Waals surface area contributed by atoms with Crippen LogP contribution >= 0.6 is 11.3 Å². The number of nitrogens with one attached hydrogen (secondary N) is 2. The number of allylic oxidation sites excluding steroid dienone is 3. The number of rotatable bonds is 6. The zero-order valence-corrected chi connectivity index (χ0v) is 13.7. The van der Waals surface area contributed by atoms with E-state index in [-0.39, 0.29) is 11.7 Å². The Hall–Kier alpha value is -2.73. The van der Waals surface area contributed by atoms with Gasteiger partial charge in [0.15, 0.2) is 5.78 Å². The molecule has 0 saturated carbocycles. The van der Waals surface area contributed by atoms with Crippen LogP contribution in [-0.2, 0) is 4.79 Å². The van der Waals surface area contributed by atoms with Gasteiger partial charge in [-0.15, -0.1) is 0 Å². The summed E-state index contributed by atoms with van der Waals surface area (Å²) >= 11 is 1.20. The Morgan fingerprint density at radius 2 is 1.91 bits per heavy atom. The zero-order valence-electron chi connectivity index (χ0n) is 12.9. The van der Waals surface area contributed by atoms with E-state index in [0.717, 1.165) is 5.56 Å². The summed E-state index contributed by atoms with van der Waals surface area (Å²) in [7, 11) is 0. The molecular formula is C17H17N3O2S. The Kier molecular flexibility index (Phi) is 5.82. The van der Waals surface area contributed by atoms with Gasteiger partial charge in [0, 0.05) is 6.92 Å². The first-order chi connectivity index (χ1) is 11.1. The van der Waals surface area contributed by atoms with Crippen LogP contribution in [0, 0.1) is 6.92 Å². The molecule has 0 bridgehead atoms. The minimum atomic E-state index is -0.225. The monoisotopic (exact) mass is 327 g/mol. The lowest BCUT2D eigenvalue weighted by Crippen LogP contribution is -2.26. The zero-order chi connectivity index (χ0) is 16.7. The Balaban J connectivity index is 1.99. The van der Waals surface area contributed by atoms with Crippen LogP contribution in [0.5, 0.6) is 0 Å². The van der Waals surface area contributed by atoms with E-state index >= 15 is 0 Å². The van der Waals surface area contributed by atoms with E-state index in [2.05, 4.69) is 15.8 Å². The maximum atomic E-state index is 12.2. The second-order valence-corrected chi connectivity index (χ2v) is 5.73. The van der Waals surface area contributed by atoms with Crippen molar-refractivity contribution in [2.45, 2.75) is 13.8 Å². The summed E-state index contributed by atoms with van der Waals surface area (Å²) in [5.41, 5.74) is 6.80. The molecule has 1 amide bonds. The molecule has 118 valence electrons. The number of thiazole rings is 1. The number of hydrazine groups is 1. The topological polar surface area (TPSA) is 71.1 Å². The third kappa shape index (κ3) is 5.19. The van der Waals surface area contributed by atoms with Crippen LogP contribution in [-0.4, -0.2) is 16.7 Å². The van der Waals surface area contributed by atoms with Crippen LogP contribution in [0.2, 0.25) is 0 Å². The summed E-state index contributed by atoms with van der Waals surface area (Å²) in [6, 6.07) is 9.84. The molecule has 1 aromatic heterocycles. The average molecular weight is 327 g/mol. The van der Waals surface area contributed by atoms with Crippen molar-refractivity contribution < 1.29 is 9.59 Å². The maximum absolute atomic E-state index is 12.2. The van der Waals surface area contributed by atoms with Gasteiger partial charge >= 0.3 is 0 Å². The number of carbonyl (C=O) groups is 2. The fourth-order valence-corrected chi connectivity index (χ4v) is 2.61. The second kappa shape index (κ2) is 8.05. The van der Waals surface area contributed by atoms with Gasteiger partial charge in [-0.2, -0.15) is 0 Å². The molecule has 0 saturated heterocycles. The summed E-state index contributed by atoms with van der Waals surface area (Å²) in [6.07, 6.45) is 6.95. The van der Waals surface area contributed by atoms with Crippen molar-refractivity contribution in [3.05, 3.63) is 64.7 Å². The number of carbonyl (C=O) groups excluding carboxylic acids is 2. The normalized spacial score (nSPS) is 11.0.